The molecule has 1 N–H and O–H groups in total. The molecule has 5 heteroatoms. The summed E-state index contributed by atoms with van der Waals surface area (Å²) in [5.74, 6) is -0.195. The molecule has 0 aliphatic heterocycles. The molecule has 1 rings (SSSR count). The summed E-state index contributed by atoms with van der Waals surface area (Å²) in [5.41, 5.74) is 0.670. The van der Waals surface area contributed by atoms with Crippen LogP contribution in [0.4, 0.5) is 4.39 Å². The average Bonchev–Trinajstić information content (AvgIpc) is 2.26. The minimum absolute atomic E-state index is 0. The molecule has 17 heavy (non-hydrogen) atoms. The Hall–Kier alpha value is -0.630. The first kappa shape index (κ1) is 16.4. The van der Waals surface area contributed by atoms with Crippen molar-refractivity contribution in [3.05, 3.63) is 34.1 Å². The smallest absolute Gasteiger partial charge is 0.128 e. The van der Waals surface area contributed by atoms with Gasteiger partial charge in [0.15, 0.2) is 0 Å². The summed E-state index contributed by atoms with van der Waals surface area (Å²) >= 11 is 3.22. The molecule has 0 aliphatic rings. The summed E-state index contributed by atoms with van der Waals surface area (Å²) in [5, 5.41) is 11.5. The molecular weight excluding hydrogens is 307 g/mol. The number of nitrogens with one attached hydrogen (secondary N) is 1. The summed E-state index contributed by atoms with van der Waals surface area (Å²) in [4.78, 5) is 0. The Kier molecular flexibility index (Phi) is 9.06. The molecule has 0 aromatic heterocycles. The second-order valence-corrected chi connectivity index (χ2v) is 4.44. The fraction of sp³-hybridized carbons (Fsp3) is 0.417. The molecule has 1 aromatic rings. The van der Waals surface area contributed by atoms with E-state index in [1.807, 2.05) is 6.07 Å². The van der Waals surface area contributed by atoms with Crippen LogP contribution in [0, 0.1) is 17.1 Å². The van der Waals surface area contributed by atoms with E-state index < -0.39 is 0 Å². The van der Waals surface area contributed by atoms with E-state index in [4.69, 9.17) is 5.26 Å². The fourth-order valence-electron chi connectivity index (χ4n) is 1.34. The highest BCUT2D eigenvalue weighted by Gasteiger charge is 2.01. The van der Waals surface area contributed by atoms with E-state index in [9.17, 15) is 4.39 Å². The predicted octanol–water partition coefficient (Wildman–Crippen LogP) is 3.79. The number of unbranched alkanes of at least 4 members (excludes halogenated alkanes) is 2. The van der Waals surface area contributed by atoms with Crippen molar-refractivity contribution in [1.82, 2.24) is 5.32 Å². The van der Waals surface area contributed by atoms with Crippen molar-refractivity contribution in [3.63, 3.8) is 0 Å². The maximum absolute atomic E-state index is 13.4. The Labute approximate surface area is 116 Å². The minimum atomic E-state index is -0.195. The molecule has 0 heterocycles. The van der Waals surface area contributed by atoms with Gasteiger partial charge in [0.1, 0.15) is 5.82 Å². The quantitative estimate of drug-likeness (QED) is 0.809. The van der Waals surface area contributed by atoms with Crippen LogP contribution in [0.2, 0.25) is 0 Å². The van der Waals surface area contributed by atoms with Crippen LogP contribution in [-0.2, 0) is 6.54 Å². The third-order valence-corrected chi connectivity index (χ3v) is 2.72. The van der Waals surface area contributed by atoms with Crippen molar-refractivity contribution in [2.75, 3.05) is 6.54 Å². The van der Waals surface area contributed by atoms with Gasteiger partial charge in [0.2, 0.25) is 0 Å². The number of hydrogen-bond donors (Lipinski definition) is 1. The lowest BCUT2D eigenvalue weighted by atomic mass is 10.2. The summed E-state index contributed by atoms with van der Waals surface area (Å²) in [6, 6.07) is 7.16. The van der Waals surface area contributed by atoms with Crippen LogP contribution in [0.1, 0.15) is 24.8 Å². The van der Waals surface area contributed by atoms with Crippen molar-refractivity contribution >= 4 is 28.3 Å². The van der Waals surface area contributed by atoms with Crippen molar-refractivity contribution in [1.29, 1.82) is 5.26 Å². The van der Waals surface area contributed by atoms with Gasteiger partial charge in [-0.15, -0.1) is 12.4 Å². The predicted molar refractivity (Wildman–Crippen MR) is 72.5 cm³/mol. The third kappa shape index (κ3) is 6.62. The van der Waals surface area contributed by atoms with Gasteiger partial charge in [0.05, 0.1) is 6.07 Å². The van der Waals surface area contributed by atoms with E-state index in [2.05, 4.69) is 27.3 Å². The fourth-order valence-corrected chi connectivity index (χ4v) is 1.68. The van der Waals surface area contributed by atoms with Crippen LogP contribution in [0.5, 0.6) is 0 Å². The minimum Gasteiger partial charge on any atom is -0.313 e. The van der Waals surface area contributed by atoms with Crippen LogP contribution in [0.25, 0.3) is 0 Å². The normalized spacial score (nSPS) is 9.47. The van der Waals surface area contributed by atoms with Crippen molar-refractivity contribution in [3.8, 4) is 6.07 Å². The number of halogens is 3. The standard InChI is InChI=1S/C12H14BrFN2.ClH/c13-11-5-4-10(12(14)8-11)9-16-7-3-1-2-6-15;/h4-5,8,16H,1-3,7,9H2;1H. The van der Waals surface area contributed by atoms with Crippen LogP contribution in [0.15, 0.2) is 22.7 Å². The van der Waals surface area contributed by atoms with E-state index in [-0.39, 0.29) is 18.2 Å². The van der Waals surface area contributed by atoms with E-state index >= 15 is 0 Å². The SMILES string of the molecule is Cl.N#CCCCCNCc1ccc(Br)cc1F. The Bertz CT molecular complexity index is 379. The van der Waals surface area contributed by atoms with Crippen molar-refractivity contribution in [2.45, 2.75) is 25.8 Å². The lowest BCUT2D eigenvalue weighted by Crippen LogP contribution is -2.15. The second kappa shape index (κ2) is 9.41. The number of benzene rings is 1. The number of hydrogen-bond acceptors (Lipinski definition) is 2. The summed E-state index contributed by atoms with van der Waals surface area (Å²) < 4.78 is 14.1. The van der Waals surface area contributed by atoms with Crippen molar-refractivity contribution in [2.24, 2.45) is 0 Å². The van der Waals surface area contributed by atoms with Gasteiger partial charge in [-0.3, -0.25) is 0 Å². The lowest BCUT2D eigenvalue weighted by molar-refractivity contribution is 0.576. The third-order valence-electron chi connectivity index (χ3n) is 2.22. The second-order valence-electron chi connectivity index (χ2n) is 3.53. The zero-order chi connectivity index (χ0) is 11.8. The van der Waals surface area contributed by atoms with Gasteiger partial charge in [-0.1, -0.05) is 22.0 Å². The van der Waals surface area contributed by atoms with Gasteiger partial charge >= 0.3 is 0 Å². The first-order chi connectivity index (χ1) is 7.74. The maximum Gasteiger partial charge on any atom is 0.128 e. The van der Waals surface area contributed by atoms with Gasteiger partial charge in [-0.2, -0.15) is 5.26 Å². The van der Waals surface area contributed by atoms with Crippen LogP contribution >= 0.6 is 28.3 Å². The van der Waals surface area contributed by atoms with Crippen LogP contribution in [-0.4, -0.2) is 6.54 Å². The average molecular weight is 322 g/mol. The number of nitriles is 1. The molecule has 0 unspecified atom stereocenters. The molecule has 0 amide bonds. The molecule has 0 aliphatic carbocycles. The van der Waals surface area contributed by atoms with Crippen LogP contribution in [0.3, 0.4) is 0 Å². The zero-order valence-electron chi connectivity index (χ0n) is 9.38. The van der Waals surface area contributed by atoms with E-state index in [1.165, 1.54) is 6.07 Å². The molecule has 0 saturated carbocycles. The van der Waals surface area contributed by atoms with E-state index in [0.29, 0.717) is 18.5 Å². The van der Waals surface area contributed by atoms with Gasteiger partial charge in [0, 0.05) is 23.0 Å². The van der Waals surface area contributed by atoms with E-state index in [0.717, 1.165) is 23.9 Å². The van der Waals surface area contributed by atoms with Gasteiger partial charge in [-0.05, 0) is 31.5 Å². The highest BCUT2D eigenvalue weighted by molar-refractivity contribution is 9.10. The van der Waals surface area contributed by atoms with Gasteiger partial charge in [0.25, 0.3) is 0 Å². The molecule has 1 aromatic carbocycles. The molecule has 0 bridgehead atoms. The van der Waals surface area contributed by atoms with Crippen molar-refractivity contribution < 1.29 is 4.39 Å². The first-order valence-electron chi connectivity index (χ1n) is 5.25. The Morgan fingerprint density at radius 2 is 2.12 bits per heavy atom. The molecule has 0 fully saturated rings. The van der Waals surface area contributed by atoms with E-state index in [1.54, 1.807) is 6.07 Å². The molecule has 2 nitrogen and oxygen atoms in total. The molecule has 0 spiro atoms. The molecule has 0 radical (unpaired) electrons. The highest BCUT2D eigenvalue weighted by Crippen LogP contribution is 2.14. The van der Waals surface area contributed by atoms with Gasteiger partial charge in [-0.25, -0.2) is 4.39 Å². The van der Waals surface area contributed by atoms with Gasteiger partial charge < -0.3 is 5.32 Å². The topological polar surface area (TPSA) is 35.8 Å². The Morgan fingerprint density at radius 1 is 1.35 bits per heavy atom. The molecular formula is C12H15BrClFN2. The molecule has 94 valence electrons. The number of nitrogens with zero attached hydrogens (tertiary/aromatic N) is 1. The number of rotatable bonds is 6. The Morgan fingerprint density at radius 3 is 2.76 bits per heavy atom. The highest BCUT2D eigenvalue weighted by atomic mass is 79.9. The molecule has 0 saturated heterocycles. The Balaban J connectivity index is 0.00000256. The summed E-state index contributed by atoms with van der Waals surface area (Å²) in [6.45, 7) is 1.35. The zero-order valence-corrected chi connectivity index (χ0v) is 11.8. The van der Waals surface area contributed by atoms with Crippen LogP contribution < -0.4 is 5.32 Å². The first-order valence-corrected chi connectivity index (χ1v) is 6.05. The summed E-state index contributed by atoms with van der Waals surface area (Å²) in [6.07, 6.45) is 2.44. The monoisotopic (exact) mass is 320 g/mol. The summed E-state index contributed by atoms with van der Waals surface area (Å²) in [7, 11) is 0. The maximum atomic E-state index is 13.4. The lowest BCUT2D eigenvalue weighted by Gasteiger charge is -2.05. The molecule has 0 atom stereocenters. The largest absolute Gasteiger partial charge is 0.313 e.